The van der Waals surface area contributed by atoms with Gasteiger partial charge in [-0.05, 0) is 50.8 Å². The molecule has 0 saturated heterocycles. The molecule has 28 heavy (non-hydrogen) atoms. The Bertz CT molecular complexity index is 634. The van der Waals surface area contributed by atoms with Gasteiger partial charge in [0.15, 0.2) is 17.5 Å². The van der Waals surface area contributed by atoms with E-state index in [4.69, 9.17) is 14.2 Å². The number of ether oxygens (including phenoxy) is 3. The molecule has 0 unspecified atom stereocenters. The topological polar surface area (TPSA) is 81.2 Å². The molecule has 0 amide bonds. The predicted octanol–water partition coefficient (Wildman–Crippen LogP) is 3.03. The van der Waals surface area contributed by atoms with Crippen LogP contribution < -0.4 is 20.1 Å². The Kier molecular flexibility index (Phi) is 10.0. The van der Waals surface area contributed by atoms with Crippen molar-refractivity contribution in [3.05, 3.63) is 23.8 Å². The number of nitrogens with one attached hydrogen (secondary N) is 2. The van der Waals surface area contributed by atoms with Crippen molar-refractivity contribution in [2.24, 2.45) is 4.99 Å². The lowest BCUT2D eigenvalue weighted by Gasteiger charge is -2.11. The van der Waals surface area contributed by atoms with Crippen molar-refractivity contribution < 1.29 is 19.0 Å². The molecule has 0 saturated carbocycles. The first-order valence-corrected chi connectivity index (χ1v) is 10.3. The van der Waals surface area contributed by atoms with Gasteiger partial charge >= 0.3 is 5.97 Å². The average molecular weight is 392 g/mol. The lowest BCUT2D eigenvalue weighted by molar-refractivity contribution is -0.143. The Balaban J connectivity index is 1.61. The summed E-state index contributed by atoms with van der Waals surface area (Å²) in [5.74, 6) is 2.38. The number of hydrogen-bond acceptors (Lipinski definition) is 5. The van der Waals surface area contributed by atoms with Crippen molar-refractivity contribution in [2.75, 3.05) is 33.0 Å². The van der Waals surface area contributed by atoms with E-state index < -0.39 is 0 Å². The highest BCUT2D eigenvalue weighted by Gasteiger charge is 2.12. The van der Waals surface area contributed by atoms with Gasteiger partial charge in [-0.15, -0.1) is 0 Å². The molecule has 1 aliphatic heterocycles. The minimum absolute atomic E-state index is 0.0957. The molecule has 2 rings (SSSR count). The maximum absolute atomic E-state index is 11.3. The Morgan fingerprint density at radius 3 is 2.75 bits per heavy atom. The second kappa shape index (κ2) is 12.9. The number of rotatable bonds is 12. The number of benzene rings is 1. The van der Waals surface area contributed by atoms with Crippen molar-refractivity contribution in [3.8, 4) is 11.5 Å². The van der Waals surface area contributed by atoms with Gasteiger partial charge in [0, 0.05) is 26.1 Å². The van der Waals surface area contributed by atoms with Crippen LogP contribution in [0.4, 0.5) is 0 Å². The highest BCUT2D eigenvalue weighted by Crippen LogP contribution is 2.32. The molecule has 1 aromatic carbocycles. The number of unbranched alkanes of at least 4 members (excludes halogenated alkanes) is 3. The van der Waals surface area contributed by atoms with Gasteiger partial charge in [0.2, 0.25) is 6.79 Å². The summed E-state index contributed by atoms with van der Waals surface area (Å²) < 4.78 is 15.7. The molecule has 156 valence electrons. The Morgan fingerprint density at radius 2 is 1.93 bits per heavy atom. The molecular formula is C21H33N3O4. The Morgan fingerprint density at radius 1 is 1.11 bits per heavy atom. The summed E-state index contributed by atoms with van der Waals surface area (Å²) in [5, 5.41) is 6.65. The largest absolute Gasteiger partial charge is 0.466 e. The number of fused-ring (bicyclic) bond motifs is 1. The maximum atomic E-state index is 11.3. The van der Waals surface area contributed by atoms with E-state index in [1.54, 1.807) is 0 Å². The molecular weight excluding hydrogens is 358 g/mol. The quantitative estimate of drug-likeness (QED) is 0.247. The second-order valence-electron chi connectivity index (χ2n) is 6.59. The fraction of sp³-hybridized carbons (Fsp3) is 0.619. The van der Waals surface area contributed by atoms with Crippen molar-refractivity contribution in [1.29, 1.82) is 0 Å². The number of guanidine groups is 1. The van der Waals surface area contributed by atoms with E-state index in [0.717, 1.165) is 69.2 Å². The molecule has 0 radical (unpaired) electrons. The summed E-state index contributed by atoms with van der Waals surface area (Å²) in [4.78, 5) is 15.9. The first-order valence-electron chi connectivity index (χ1n) is 10.3. The molecule has 0 aromatic heterocycles. The lowest BCUT2D eigenvalue weighted by Crippen LogP contribution is -2.38. The van der Waals surface area contributed by atoms with E-state index in [-0.39, 0.29) is 5.97 Å². The highest BCUT2D eigenvalue weighted by atomic mass is 16.7. The fourth-order valence-corrected chi connectivity index (χ4v) is 2.92. The molecule has 1 aliphatic rings. The van der Waals surface area contributed by atoms with Gasteiger partial charge in [-0.2, -0.15) is 0 Å². The molecule has 2 N–H and O–H groups in total. The van der Waals surface area contributed by atoms with Crippen molar-refractivity contribution >= 4 is 11.9 Å². The van der Waals surface area contributed by atoms with Crippen LogP contribution in [0.15, 0.2) is 23.2 Å². The molecule has 0 aliphatic carbocycles. The molecule has 0 atom stereocenters. The second-order valence-corrected chi connectivity index (χ2v) is 6.59. The molecule has 0 bridgehead atoms. The number of carbonyl (C=O) groups is 1. The van der Waals surface area contributed by atoms with Crippen LogP contribution in [-0.2, 0) is 16.0 Å². The number of nitrogens with zero attached hydrogens (tertiary/aromatic N) is 1. The Hall–Kier alpha value is -2.44. The maximum Gasteiger partial charge on any atom is 0.305 e. The van der Waals surface area contributed by atoms with Crippen LogP contribution in [0.3, 0.4) is 0 Å². The summed E-state index contributed by atoms with van der Waals surface area (Å²) in [6.07, 6.45) is 5.40. The Labute approximate surface area is 167 Å². The van der Waals surface area contributed by atoms with Crippen LogP contribution in [-0.4, -0.2) is 45.0 Å². The molecule has 0 fully saturated rings. The average Bonchev–Trinajstić information content (AvgIpc) is 3.15. The van der Waals surface area contributed by atoms with Gasteiger partial charge in [-0.1, -0.05) is 18.9 Å². The first-order chi connectivity index (χ1) is 13.7. The van der Waals surface area contributed by atoms with Gasteiger partial charge in [0.25, 0.3) is 0 Å². The third-order valence-electron chi connectivity index (χ3n) is 4.35. The standard InChI is InChI=1S/C21H33N3O4/c1-3-22-21(23-13-8-6-5-7-9-20(25)26-4-2)24-14-12-17-10-11-18-19(15-17)28-16-27-18/h10-11,15H,3-9,12-14,16H2,1-2H3,(H2,22,23,24). The summed E-state index contributed by atoms with van der Waals surface area (Å²) >= 11 is 0. The number of aliphatic imine (C=N–C) groups is 1. The van der Waals surface area contributed by atoms with Crippen molar-refractivity contribution in [3.63, 3.8) is 0 Å². The zero-order valence-electron chi connectivity index (χ0n) is 17.1. The third-order valence-corrected chi connectivity index (χ3v) is 4.35. The zero-order chi connectivity index (χ0) is 20.0. The summed E-state index contributed by atoms with van der Waals surface area (Å²) in [6, 6.07) is 6.05. The highest BCUT2D eigenvalue weighted by molar-refractivity contribution is 5.79. The van der Waals surface area contributed by atoms with Crippen LogP contribution in [0, 0.1) is 0 Å². The number of carbonyl (C=O) groups excluding carboxylic acids is 1. The third kappa shape index (κ3) is 8.06. The van der Waals surface area contributed by atoms with E-state index in [9.17, 15) is 4.79 Å². The minimum Gasteiger partial charge on any atom is -0.466 e. The fourth-order valence-electron chi connectivity index (χ4n) is 2.92. The van der Waals surface area contributed by atoms with Crippen molar-refractivity contribution in [2.45, 2.75) is 52.4 Å². The molecule has 1 aromatic rings. The van der Waals surface area contributed by atoms with Gasteiger partial charge in [-0.3, -0.25) is 9.79 Å². The van der Waals surface area contributed by atoms with Gasteiger partial charge in [-0.25, -0.2) is 0 Å². The predicted molar refractivity (Wildman–Crippen MR) is 110 cm³/mol. The first kappa shape index (κ1) is 21.9. The molecule has 7 nitrogen and oxygen atoms in total. The van der Waals surface area contributed by atoms with Crippen LogP contribution in [0.2, 0.25) is 0 Å². The van der Waals surface area contributed by atoms with Crippen LogP contribution in [0.25, 0.3) is 0 Å². The summed E-state index contributed by atoms with van der Waals surface area (Å²) in [5.41, 5.74) is 1.20. The molecule has 0 spiro atoms. The van der Waals surface area contributed by atoms with Gasteiger partial charge < -0.3 is 24.8 Å². The number of hydrogen-bond donors (Lipinski definition) is 2. The van der Waals surface area contributed by atoms with Gasteiger partial charge in [0.05, 0.1) is 6.61 Å². The molecule has 7 heteroatoms. The normalized spacial score (nSPS) is 12.7. The lowest BCUT2D eigenvalue weighted by atomic mass is 10.1. The SMILES string of the molecule is CCNC(=NCCCCCCC(=O)OCC)NCCc1ccc2c(c1)OCO2. The monoisotopic (exact) mass is 391 g/mol. The van der Waals surface area contributed by atoms with E-state index >= 15 is 0 Å². The zero-order valence-corrected chi connectivity index (χ0v) is 17.1. The van der Waals surface area contributed by atoms with E-state index in [1.807, 2.05) is 19.1 Å². The summed E-state index contributed by atoms with van der Waals surface area (Å²) in [6.45, 7) is 7.06. The number of esters is 1. The van der Waals surface area contributed by atoms with Crippen LogP contribution >= 0.6 is 0 Å². The van der Waals surface area contributed by atoms with E-state index in [2.05, 4.69) is 28.6 Å². The molecule has 1 heterocycles. The van der Waals surface area contributed by atoms with E-state index in [1.165, 1.54) is 5.56 Å². The smallest absolute Gasteiger partial charge is 0.305 e. The van der Waals surface area contributed by atoms with Crippen molar-refractivity contribution in [1.82, 2.24) is 10.6 Å². The van der Waals surface area contributed by atoms with Crippen LogP contribution in [0.5, 0.6) is 11.5 Å². The minimum atomic E-state index is -0.0957. The van der Waals surface area contributed by atoms with Crippen LogP contribution in [0.1, 0.15) is 51.5 Å². The van der Waals surface area contributed by atoms with Gasteiger partial charge in [0.1, 0.15) is 0 Å². The van der Waals surface area contributed by atoms with E-state index in [0.29, 0.717) is 19.8 Å². The summed E-state index contributed by atoms with van der Waals surface area (Å²) in [7, 11) is 0.